The smallest absolute Gasteiger partial charge is 0.348 e. The number of nitrogens with zero attached hydrogens (tertiary/aromatic N) is 1. The Kier molecular flexibility index (Phi) is 15.4. The van der Waals surface area contributed by atoms with E-state index in [1.807, 2.05) is 47.6 Å². The molecule has 2 aromatic heterocycles. The molecule has 0 atom stereocenters. The Morgan fingerprint density at radius 1 is 0.889 bits per heavy atom. The molecule has 0 radical (unpaired) electrons. The van der Waals surface area contributed by atoms with Crippen LogP contribution in [0.15, 0.2) is 48.5 Å². The van der Waals surface area contributed by atoms with Crippen molar-refractivity contribution in [1.29, 1.82) is 0 Å². The minimum atomic E-state index is -0.889. The molecular weight excluding hydrogens is 500 g/mol. The molecule has 10 heteroatoms. The molecular formula is C26H34N2O6S2. The van der Waals surface area contributed by atoms with Crippen molar-refractivity contribution in [2.45, 2.75) is 48.5 Å². The maximum Gasteiger partial charge on any atom is 0.348 e. The van der Waals surface area contributed by atoms with Crippen LogP contribution in [0.5, 0.6) is 0 Å². The summed E-state index contributed by atoms with van der Waals surface area (Å²) in [4.78, 5) is 33.1. The molecule has 8 nitrogen and oxygen atoms in total. The van der Waals surface area contributed by atoms with Crippen LogP contribution in [0.1, 0.15) is 67.8 Å². The van der Waals surface area contributed by atoms with Gasteiger partial charge in [-0.15, -0.1) is 22.7 Å². The summed E-state index contributed by atoms with van der Waals surface area (Å²) in [5.74, 6) is -1.28. The van der Waals surface area contributed by atoms with Crippen LogP contribution in [0.25, 0.3) is 20.2 Å². The zero-order valence-electron chi connectivity index (χ0n) is 21.7. The summed E-state index contributed by atoms with van der Waals surface area (Å²) in [7, 11) is 0. The van der Waals surface area contributed by atoms with Gasteiger partial charge in [0.2, 0.25) is 0 Å². The zero-order valence-corrected chi connectivity index (χ0v) is 23.3. The lowest BCUT2D eigenvalue weighted by Gasteiger charge is -1.95. The summed E-state index contributed by atoms with van der Waals surface area (Å²) in [5.41, 5.74) is 6.24. The Labute approximate surface area is 219 Å². The number of fused-ring (bicyclic) bond motifs is 2. The second-order valence-electron chi connectivity index (χ2n) is 6.02. The maximum absolute atomic E-state index is 11.5. The number of nitrogen functional groups attached to an aromatic ring is 1. The van der Waals surface area contributed by atoms with Gasteiger partial charge < -0.3 is 15.6 Å². The zero-order chi connectivity index (χ0) is 27.8. The number of carboxylic acids is 1. The van der Waals surface area contributed by atoms with Crippen LogP contribution >= 0.6 is 22.7 Å². The van der Waals surface area contributed by atoms with E-state index in [2.05, 4.69) is 0 Å². The number of nitrogens with two attached hydrogens (primary N) is 1. The molecule has 0 saturated carbocycles. The number of benzene rings is 2. The predicted octanol–water partition coefficient (Wildman–Crippen LogP) is 8.25. The average Bonchev–Trinajstić information content (AvgIpc) is 3.52. The number of hydrogen-bond acceptors (Lipinski definition) is 8. The minimum absolute atomic E-state index is 0.0192. The average molecular weight is 535 g/mol. The quantitative estimate of drug-likeness (QED) is 0.116. The molecule has 0 bridgehead atoms. The van der Waals surface area contributed by atoms with Crippen molar-refractivity contribution in [3.63, 3.8) is 0 Å². The number of hydrogen-bond donors (Lipinski definition) is 2. The van der Waals surface area contributed by atoms with E-state index in [0.29, 0.717) is 27.4 Å². The third-order valence-electron chi connectivity index (χ3n) is 3.94. The van der Waals surface area contributed by atoms with E-state index in [0.717, 1.165) is 14.8 Å². The van der Waals surface area contributed by atoms with Gasteiger partial charge >= 0.3 is 11.9 Å². The van der Waals surface area contributed by atoms with Gasteiger partial charge in [-0.3, -0.25) is 10.1 Å². The number of nitro benzene ring substituents is 1. The van der Waals surface area contributed by atoms with Gasteiger partial charge in [0.05, 0.1) is 11.5 Å². The van der Waals surface area contributed by atoms with Crippen LogP contribution in [0.4, 0.5) is 11.4 Å². The summed E-state index contributed by atoms with van der Waals surface area (Å²) < 4.78 is 6.66. The number of carbonyl (C=O) groups excluding carboxylic acids is 1. The third-order valence-corrected chi connectivity index (χ3v) is 6.14. The van der Waals surface area contributed by atoms with Gasteiger partial charge in [0.15, 0.2) is 0 Å². The fraction of sp³-hybridized carbons (Fsp3) is 0.308. The fourth-order valence-corrected chi connectivity index (χ4v) is 4.43. The van der Waals surface area contributed by atoms with E-state index in [1.165, 1.54) is 34.8 Å². The number of carbonyl (C=O) groups is 2. The lowest BCUT2D eigenvalue weighted by atomic mass is 10.2. The van der Waals surface area contributed by atoms with Crippen molar-refractivity contribution in [2.75, 3.05) is 12.3 Å². The van der Waals surface area contributed by atoms with E-state index in [9.17, 15) is 19.7 Å². The van der Waals surface area contributed by atoms with E-state index < -0.39 is 16.9 Å². The second kappa shape index (κ2) is 17.0. The van der Waals surface area contributed by atoms with Gasteiger partial charge in [0, 0.05) is 32.6 Å². The van der Waals surface area contributed by atoms with Crippen molar-refractivity contribution in [3.8, 4) is 0 Å². The standard InChI is InChI=1S/C11H9NO4S.C9H7NO2S.3C2H6/c1-2-16-11(13)10-6-7-5-8(12(14)15)3-4-9(7)17-10;10-6-1-2-7-5(3-6)4-8(13-7)9(11)12;3*1-2/h3-6H,2H2,1H3;1-4H,10H2,(H,11,12);3*1-2H3. The SMILES string of the molecule is CC.CC.CC.CCOC(=O)c1cc2cc([N+](=O)[O-])ccc2s1.Nc1ccc2sc(C(=O)O)cc2c1. The van der Waals surface area contributed by atoms with E-state index in [4.69, 9.17) is 15.6 Å². The Morgan fingerprint density at radius 3 is 1.92 bits per heavy atom. The highest BCUT2D eigenvalue weighted by atomic mass is 32.1. The third kappa shape index (κ3) is 9.27. The summed E-state index contributed by atoms with van der Waals surface area (Å²) in [6, 6.07) is 13.2. The molecule has 0 amide bonds. The van der Waals surface area contributed by atoms with Crippen molar-refractivity contribution >= 4 is 66.2 Å². The normalized spacial score (nSPS) is 9.19. The molecule has 196 valence electrons. The molecule has 4 aromatic rings. The van der Waals surface area contributed by atoms with Crippen LogP contribution in [0.2, 0.25) is 0 Å². The number of carboxylic acid groups (broad SMARTS) is 1. The van der Waals surface area contributed by atoms with Crippen LogP contribution in [-0.4, -0.2) is 28.6 Å². The van der Waals surface area contributed by atoms with E-state index in [1.54, 1.807) is 37.3 Å². The van der Waals surface area contributed by atoms with Gasteiger partial charge in [0.1, 0.15) is 9.75 Å². The van der Waals surface area contributed by atoms with Gasteiger partial charge in [-0.2, -0.15) is 0 Å². The summed E-state index contributed by atoms with van der Waals surface area (Å²) in [6.45, 7) is 14.0. The highest BCUT2D eigenvalue weighted by Gasteiger charge is 2.13. The first-order valence-electron chi connectivity index (χ1n) is 11.7. The number of aromatic carboxylic acids is 1. The van der Waals surface area contributed by atoms with E-state index >= 15 is 0 Å². The largest absolute Gasteiger partial charge is 0.477 e. The molecule has 4 rings (SSSR count). The van der Waals surface area contributed by atoms with Crippen molar-refractivity contribution in [2.24, 2.45) is 0 Å². The summed E-state index contributed by atoms with van der Waals surface area (Å²) >= 11 is 2.53. The molecule has 0 unspecified atom stereocenters. The van der Waals surface area contributed by atoms with Crippen LogP contribution in [0, 0.1) is 10.1 Å². The van der Waals surface area contributed by atoms with Gasteiger partial charge in [0.25, 0.3) is 5.69 Å². The van der Waals surface area contributed by atoms with E-state index in [-0.39, 0.29) is 5.69 Å². The minimum Gasteiger partial charge on any atom is -0.477 e. The molecule has 2 heterocycles. The summed E-state index contributed by atoms with van der Waals surface area (Å²) in [5, 5.41) is 20.9. The molecule has 0 saturated heterocycles. The number of ether oxygens (including phenoxy) is 1. The Balaban J connectivity index is 0.000000576. The number of esters is 1. The van der Waals surface area contributed by atoms with Gasteiger partial charge in [-0.1, -0.05) is 41.5 Å². The molecule has 0 fully saturated rings. The molecule has 3 N–H and O–H groups in total. The molecule has 36 heavy (non-hydrogen) atoms. The highest BCUT2D eigenvalue weighted by molar-refractivity contribution is 7.21. The second-order valence-corrected chi connectivity index (χ2v) is 8.19. The van der Waals surface area contributed by atoms with Crippen LogP contribution in [0.3, 0.4) is 0 Å². The first kappa shape index (κ1) is 32.5. The highest BCUT2D eigenvalue weighted by Crippen LogP contribution is 2.29. The summed E-state index contributed by atoms with van der Waals surface area (Å²) in [6.07, 6.45) is 0. The van der Waals surface area contributed by atoms with Gasteiger partial charge in [-0.25, -0.2) is 9.59 Å². The number of nitro groups is 1. The molecule has 0 aliphatic rings. The monoisotopic (exact) mass is 534 g/mol. The lowest BCUT2D eigenvalue weighted by molar-refractivity contribution is -0.384. The predicted molar refractivity (Wildman–Crippen MR) is 152 cm³/mol. The molecule has 2 aromatic carbocycles. The van der Waals surface area contributed by atoms with Crippen LogP contribution in [-0.2, 0) is 4.74 Å². The number of anilines is 1. The van der Waals surface area contributed by atoms with Gasteiger partial charge in [-0.05, 0) is 48.7 Å². The van der Waals surface area contributed by atoms with Crippen molar-refractivity contribution in [3.05, 3.63) is 68.4 Å². The lowest BCUT2D eigenvalue weighted by Crippen LogP contribution is -2.01. The number of non-ortho nitro benzene ring substituents is 1. The number of thiophene rings is 2. The Bertz CT molecular complexity index is 1260. The molecule has 0 spiro atoms. The number of rotatable bonds is 4. The topological polar surface area (TPSA) is 133 Å². The van der Waals surface area contributed by atoms with Crippen molar-refractivity contribution in [1.82, 2.24) is 0 Å². The Morgan fingerprint density at radius 2 is 1.39 bits per heavy atom. The molecule has 0 aliphatic carbocycles. The fourth-order valence-electron chi connectivity index (χ4n) is 2.61. The first-order valence-corrected chi connectivity index (χ1v) is 13.3. The van der Waals surface area contributed by atoms with Crippen molar-refractivity contribution < 1.29 is 24.4 Å². The maximum atomic E-state index is 11.5. The van der Waals surface area contributed by atoms with Crippen LogP contribution < -0.4 is 5.73 Å². The Hall–Kier alpha value is -3.50. The first-order chi connectivity index (χ1) is 17.3. The molecule has 0 aliphatic heterocycles.